The Hall–Kier alpha value is -10.4. The molecular weight excluding hydrogens is 972 g/mol. The van der Waals surface area contributed by atoms with Crippen LogP contribution >= 0.6 is 0 Å². The van der Waals surface area contributed by atoms with Crippen LogP contribution in [-0.4, -0.2) is 18.0 Å². The summed E-state index contributed by atoms with van der Waals surface area (Å²) in [5.41, 5.74) is 26.7. The van der Waals surface area contributed by atoms with Crippen molar-refractivity contribution in [3.05, 3.63) is 273 Å². The van der Waals surface area contributed by atoms with Crippen molar-refractivity contribution in [3.8, 4) is 5.69 Å². The molecule has 80 heavy (non-hydrogen) atoms. The van der Waals surface area contributed by atoms with E-state index >= 15 is 0 Å². The van der Waals surface area contributed by atoms with Gasteiger partial charge in [0.05, 0.1) is 5.52 Å². The minimum Gasteiger partial charge on any atom is -0.456 e. The Morgan fingerprint density at radius 2 is 0.750 bits per heavy atom. The normalized spacial score (nSPS) is 13.2. The van der Waals surface area contributed by atoms with Crippen LogP contribution in [0.4, 0.5) is 68.2 Å². The molecule has 0 radical (unpaired) electrons. The molecule has 8 heteroatoms. The van der Waals surface area contributed by atoms with E-state index in [4.69, 9.17) is 4.42 Å². The highest BCUT2D eigenvalue weighted by atomic mass is 16.3. The van der Waals surface area contributed by atoms with Crippen molar-refractivity contribution in [3.63, 3.8) is 0 Å². The molecule has 14 aromatic rings. The highest BCUT2D eigenvalue weighted by molar-refractivity contribution is 7.04. The fourth-order valence-electron chi connectivity index (χ4n) is 14.4. The summed E-state index contributed by atoms with van der Waals surface area (Å²) < 4.78 is 9.72. The van der Waals surface area contributed by atoms with Gasteiger partial charge in [-0.2, -0.15) is 0 Å². The van der Waals surface area contributed by atoms with Crippen molar-refractivity contribution in [1.82, 2.24) is 4.57 Å². The second-order valence-electron chi connectivity index (χ2n) is 21.5. The summed E-state index contributed by atoms with van der Waals surface area (Å²) in [6.07, 6.45) is 0. The lowest BCUT2D eigenvalue weighted by atomic mass is 9.29. The standard InChI is InChI=1S/C72H45B2N5O/c1-7-22-46(23-8-1)75(47-24-9-2-10-25-47)52-38-40-56-60(42-52)77(50-30-15-5-16-31-50)62-45-63-69-72-68(62)73(56)58-36-21-35-55-67-66-54-34-19-20-37-64(54)80-65(66)44-59(71(67)79(72)70(55)58)74(69)57-41-39-53(43-61(57)78(63)51-32-17-6-18-33-51)76(48-26-11-3-12-27-48)49-28-13-4-14-29-49/h1-45H. The molecule has 6 nitrogen and oxygen atoms in total. The lowest BCUT2D eigenvalue weighted by Gasteiger charge is -2.47. The summed E-state index contributed by atoms with van der Waals surface area (Å²) in [6, 6.07) is 100. The van der Waals surface area contributed by atoms with Gasteiger partial charge in [0.15, 0.2) is 0 Å². The molecule has 0 amide bonds. The molecule has 4 aliphatic heterocycles. The minimum atomic E-state index is -0.144. The van der Waals surface area contributed by atoms with Crippen molar-refractivity contribution < 1.29 is 4.42 Å². The van der Waals surface area contributed by atoms with Gasteiger partial charge in [0, 0.05) is 101 Å². The molecule has 0 bridgehead atoms. The molecule has 0 aliphatic carbocycles. The fourth-order valence-corrected chi connectivity index (χ4v) is 14.4. The highest BCUT2D eigenvalue weighted by Crippen LogP contribution is 2.51. The van der Waals surface area contributed by atoms with Crippen LogP contribution in [0.3, 0.4) is 0 Å². The number of aromatic nitrogens is 1. The van der Waals surface area contributed by atoms with Crippen LogP contribution in [0.5, 0.6) is 0 Å². The Bertz CT molecular complexity index is 4780. The van der Waals surface area contributed by atoms with Crippen LogP contribution < -0.4 is 52.4 Å². The molecule has 0 unspecified atom stereocenters. The number of para-hydroxylation sites is 8. The van der Waals surface area contributed by atoms with Crippen molar-refractivity contribution >= 4 is 158 Å². The number of benzene rings is 12. The third-order valence-corrected chi connectivity index (χ3v) is 17.4. The molecule has 0 saturated carbocycles. The van der Waals surface area contributed by atoms with Crippen LogP contribution in [0.15, 0.2) is 277 Å². The Labute approximate surface area is 463 Å². The first-order valence-electron chi connectivity index (χ1n) is 27.7. The number of anilines is 12. The first kappa shape index (κ1) is 43.6. The molecule has 0 fully saturated rings. The third kappa shape index (κ3) is 5.94. The van der Waals surface area contributed by atoms with Gasteiger partial charge in [-0.1, -0.05) is 158 Å². The van der Waals surface area contributed by atoms with E-state index in [2.05, 4.69) is 297 Å². The lowest BCUT2D eigenvalue weighted by molar-refractivity contribution is 0.669. The SMILES string of the molecule is c1ccc(N(c2ccccc2)c2ccc3c(c2)N(c2ccccc2)c2cc4c5c6c2B3c2cccc3c7c8c(cc(c7n-6c23)B5c2ccc(N(c3ccccc3)c3ccccc3)cc2N4c2ccccc2)oc2ccccc28)cc1. The zero-order valence-electron chi connectivity index (χ0n) is 43.3. The molecule has 0 N–H and O–H groups in total. The van der Waals surface area contributed by atoms with E-state index in [0.717, 1.165) is 79.1 Å². The van der Waals surface area contributed by atoms with Gasteiger partial charge in [0.2, 0.25) is 0 Å². The van der Waals surface area contributed by atoms with Gasteiger partial charge >= 0.3 is 0 Å². The maximum atomic E-state index is 7.02. The van der Waals surface area contributed by atoms with Gasteiger partial charge in [-0.05, 0) is 148 Å². The Morgan fingerprint density at radius 1 is 0.300 bits per heavy atom. The number of nitrogens with zero attached hydrogens (tertiary/aromatic N) is 5. The maximum Gasteiger partial charge on any atom is 0.252 e. The van der Waals surface area contributed by atoms with E-state index in [1.54, 1.807) is 0 Å². The van der Waals surface area contributed by atoms with Crippen molar-refractivity contribution in [2.24, 2.45) is 0 Å². The number of hydrogen-bond acceptors (Lipinski definition) is 5. The zero-order valence-corrected chi connectivity index (χ0v) is 43.3. The molecule has 6 heterocycles. The molecule has 2 aromatic heterocycles. The summed E-state index contributed by atoms with van der Waals surface area (Å²) >= 11 is 0. The number of rotatable bonds is 8. The average molecular weight is 1020 g/mol. The van der Waals surface area contributed by atoms with Gasteiger partial charge in [-0.15, -0.1) is 0 Å². The van der Waals surface area contributed by atoms with Crippen molar-refractivity contribution in [1.29, 1.82) is 0 Å². The van der Waals surface area contributed by atoms with Crippen LogP contribution in [-0.2, 0) is 0 Å². The molecular formula is C72H45B2N5O. The number of hydrogen-bond donors (Lipinski definition) is 0. The van der Waals surface area contributed by atoms with Crippen LogP contribution in [0.1, 0.15) is 0 Å². The van der Waals surface area contributed by atoms with Gasteiger partial charge < -0.3 is 28.6 Å². The average Bonchev–Trinajstić information content (AvgIpc) is 3.25. The van der Waals surface area contributed by atoms with Crippen LogP contribution in [0, 0.1) is 0 Å². The molecule has 4 aliphatic rings. The monoisotopic (exact) mass is 1020 g/mol. The topological polar surface area (TPSA) is 31.0 Å². The molecule has 12 aromatic carbocycles. The van der Waals surface area contributed by atoms with Gasteiger partial charge in [-0.25, -0.2) is 0 Å². The second kappa shape index (κ2) is 16.5. The largest absolute Gasteiger partial charge is 0.456 e. The Morgan fingerprint density at radius 3 is 1.26 bits per heavy atom. The predicted molar refractivity (Wildman–Crippen MR) is 336 cm³/mol. The van der Waals surface area contributed by atoms with E-state index in [1.807, 2.05) is 0 Å². The van der Waals surface area contributed by atoms with E-state index < -0.39 is 0 Å². The van der Waals surface area contributed by atoms with Crippen molar-refractivity contribution in [2.75, 3.05) is 19.6 Å². The Kier molecular flexibility index (Phi) is 9.03. The van der Waals surface area contributed by atoms with Gasteiger partial charge in [0.25, 0.3) is 13.4 Å². The third-order valence-electron chi connectivity index (χ3n) is 17.4. The molecule has 18 rings (SSSR count). The maximum absolute atomic E-state index is 7.02. The quantitative estimate of drug-likeness (QED) is 0.142. The summed E-state index contributed by atoms with van der Waals surface area (Å²) in [6.45, 7) is -0.232. The van der Waals surface area contributed by atoms with E-state index in [-0.39, 0.29) is 13.4 Å². The molecule has 370 valence electrons. The first-order valence-corrected chi connectivity index (χ1v) is 27.7. The second-order valence-corrected chi connectivity index (χ2v) is 21.5. The smallest absolute Gasteiger partial charge is 0.252 e. The van der Waals surface area contributed by atoms with E-state index in [9.17, 15) is 0 Å². The van der Waals surface area contributed by atoms with Crippen molar-refractivity contribution in [2.45, 2.75) is 0 Å². The summed E-state index contributed by atoms with van der Waals surface area (Å²) in [7, 11) is 0. The zero-order chi connectivity index (χ0) is 52.2. The Balaban J connectivity index is 0.999. The first-order chi connectivity index (χ1) is 39.7. The molecule has 0 spiro atoms. The summed E-state index contributed by atoms with van der Waals surface area (Å²) in [4.78, 5) is 9.91. The lowest BCUT2D eigenvalue weighted by Crippen LogP contribution is -2.67. The number of furan rings is 1. The van der Waals surface area contributed by atoms with E-state index in [0.29, 0.717) is 0 Å². The minimum absolute atomic E-state index is 0.0882. The van der Waals surface area contributed by atoms with Gasteiger partial charge in [0.1, 0.15) is 11.2 Å². The molecule has 0 atom stereocenters. The van der Waals surface area contributed by atoms with Crippen LogP contribution in [0.2, 0.25) is 0 Å². The van der Waals surface area contributed by atoms with Crippen LogP contribution in [0.25, 0.3) is 49.4 Å². The van der Waals surface area contributed by atoms with Gasteiger partial charge in [-0.3, -0.25) is 0 Å². The number of fused-ring (bicyclic) bond motifs is 11. The highest BCUT2D eigenvalue weighted by Gasteiger charge is 2.51. The molecule has 0 saturated heterocycles. The predicted octanol–water partition coefficient (Wildman–Crippen LogP) is 14.8. The summed E-state index contributed by atoms with van der Waals surface area (Å²) in [5.74, 6) is 0. The van der Waals surface area contributed by atoms with E-state index in [1.165, 1.54) is 71.3 Å². The fraction of sp³-hybridized carbons (Fsp3) is 0. The summed E-state index contributed by atoms with van der Waals surface area (Å²) in [5, 5.41) is 4.81.